The average molecular weight is 273 g/mol. The van der Waals surface area contributed by atoms with Crippen molar-refractivity contribution in [3.8, 4) is 11.3 Å². The van der Waals surface area contributed by atoms with Gasteiger partial charge in [0.1, 0.15) is 11.6 Å². The number of aromatic nitrogens is 4. The highest BCUT2D eigenvalue weighted by Crippen LogP contribution is 2.26. The van der Waals surface area contributed by atoms with E-state index in [9.17, 15) is 0 Å². The molecule has 1 aliphatic heterocycles. The zero-order valence-corrected chi connectivity index (χ0v) is 11.8. The normalized spacial score (nSPS) is 19.0. The first-order valence-corrected chi connectivity index (χ1v) is 6.90. The minimum Gasteiger partial charge on any atom is -0.381 e. The lowest BCUT2D eigenvalue weighted by Gasteiger charge is -2.21. The number of hydrogen-bond donors (Lipinski definition) is 1. The molecule has 1 saturated heterocycles. The van der Waals surface area contributed by atoms with Crippen molar-refractivity contribution in [1.29, 1.82) is 0 Å². The predicted octanol–water partition coefficient (Wildman–Crippen LogP) is 1.81. The fourth-order valence-electron chi connectivity index (χ4n) is 2.42. The van der Waals surface area contributed by atoms with Crippen molar-refractivity contribution in [3.05, 3.63) is 24.3 Å². The van der Waals surface area contributed by atoms with Gasteiger partial charge in [0.2, 0.25) is 0 Å². The van der Waals surface area contributed by atoms with Crippen LogP contribution in [0.1, 0.15) is 24.6 Å². The van der Waals surface area contributed by atoms with Gasteiger partial charge in [0, 0.05) is 44.4 Å². The molecule has 1 fully saturated rings. The van der Waals surface area contributed by atoms with Crippen LogP contribution in [-0.2, 0) is 11.8 Å². The van der Waals surface area contributed by atoms with E-state index in [0.717, 1.165) is 42.3 Å². The van der Waals surface area contributed by atoms with Gasteiger partial charge in [0.25, 0.3) is 0 Å². The van der Waals surface area contributed by atoms with E-state index < -0.39 is 0 Å². The van der Waals surface area contributed by atoms with Crippen LogP contribution in [0.2, 0.25) is 0 Å². The quantitative estimate of drug-likeness (QED) is 0.924. The SMILES string of the molecule is CNc1cc(-c2cnn(C)c2)nc(C2CCCOC2)n1. The Labute approximate surface area is 118 Å². The molecule has 3 rings (SSSR count). The summed E-state index contributed by atoms with van der Waals surface area (Å²) in [5.41, 5.74) is 1.91. The lowest BCUT2D eigenvalue weighted by Crippen LogP contribution is -2.18. The average Bonchev–Trinajstić information content (AvgIpc) is 2.94. The van der Waals surface area contributed by atoms with Crippen LogP contribution in [0.5, 0.6) is 0 Å². The molecule has 2 aromatic heterocycles. The van der Waals surface area contributed by atoms with Gasteiger partial charge < -0.3 is 10.1 Å². The van der Waals surface area contributed by atoms with Crippen LogP contribution in [0.15, 0.2) is 18.5 Å². The molecule has 0 bridgehead atoms. The van der Waals surface area contributed by atoms with Crippen molar-refractivity contribution in [1.82, 2.24) is 19.7 Å². The van der Waals surface area contributed by atoms with E-state index in [1.165, 1.54) is 0 Å². The summed E-state index contributed by atoms with van der Waals surface area (Å²) < 4.78 is 7.32. The van der Waals surface area contributed by atoms with Gasteiger partial charge >= 0.3 is 0 Å². The van der Waals surface area contributed by atoms with Gasteiger partial charge in [0.05, 0.1) is 18.5 Å². The van der Waals surface area contributed by atoms with Crippen molar-refractivity contribution < 1.29 is 4.74 Å². The molecule has 20 heavy (non-hydrogen) atoms. The van der Waals surface area contributed by atoms with E-state index in [0.29, 0.717) is 6.61 Å². The van der Waals surface area contributed by atoms with Crippen LogP contribution < -0.4 is 5.32 Å². The van der Waals surface area contributed by atoms with E-state index in [-0.39, 0.29) is 5.92 Å². The van der Waals surface area contributed by atoms with E-state index in [2.05, 4.69) is 15.4 Å². The molecule has 2 aromatic rings. The van der Waals surface area contributed by atoms with Crippen LogP contribution in [0.3, 0.4) is 0 Å². The fraction of sp³-hybridized carbons (Fsp3) is 0.500. The van der Waals surface area contributed by atoms with Crippen molar-refractivity contribution >= 4 is 5.82 Å². The molecule has 0 saturated carbocycles. The molecule has 0 aromatic carbocycles. The number of nitrogens with zero attached hydrogens (tertiary/aromatic N) is 4. The monoisotopic (exact) mass is 273 g/mol. The van der Waals surface area contributed by atoms with Crippen molar-refractivity contribution in [3.63, 3.8) is 0 Å². The Hall–Kier alpha value is -1.95. The van der Waals surface area contributed by atoms with Gasteiger partial charge in [-0.1, -0.05) is 0 Å². The fourth-order valence-corrected chi connectivity index (χ4v) is 2.42. The maximum atomic E-state index is 5.54. The molecule has 0 radical (unpaired) electrons. The molecule has 6 nitrogen and oxygen atoms in total. The van der Waals surface area contributed by atoms with Crippen molar-refractivity contribution in [2.75, 3.05) is 25.6 Å². The second-order valence-electron chi connectivity index (χ2n) is 5.06. The summed E-state index contributed by atoms with van der Waals surface area (Å²) in [5.74, 6) is 1.97. The lowest BCUT2D eigenvalue weighted by atomic mass is 10.0. The minimum atomic E-state index is 0.285. The summed E-state index contributed by atoms with van der Waals surface area (Å²) in [6, 6.07) is 1.95. The van der Waals surface area contributed by atoms with Crippen molar-refractivity contribution in [2.45, 2.75) is 18.8 Å². The van der Waals surface area contributed by atoms with Crippen LogP contribution in [0.25, 0.3) is 11.3 Å². The van der Waals surface area contributed by atoms with E-state index in [1.54, 1.807) is 4.68 Å². The first kappa shape index (κ1) is 13.1. The third-order valence-electron chi connectivity index (χ3n) is 3.53. The molecule has 6 heteroatoms. The second-order valence-corrected chi connectivity index (χ2v) is 5.06. The Bertz CT molecular complexity index is 589. The summed E-state index contributed by atoms with van der Waals surface area (Å²) in [6.45, 7) is 1.55. The molecule has 1 atom stereocenters. The van der Waals surface area contributed by atoms with Crippen LogP contribution in [0, 0.1) is 0 Å². The van der Waals surface area contributed by atoms with Crippen LogP contribution in [-0.4, -0.2) is 40.0 Å². The van der Waals surface area contributed by atoms with Gasteiger partial charge in [-0.15, -0.1) is 0 Å². The van der Waals surface area contributed by atoms with Gasteiger partial charge in [-0.25, -0.2) is 9.97 Å². The molecular formula is C14H19N5O. The Kier molecular flexibility index (Phi) is 3.64. The first-order valence-electron chi connectivity index (χ1n) is 6.90. The highest BCUT2D eigenvalue weighted by atomic mass is 16.5. The molecule has 0 aliphatic carbocycles. The van der Waals surface area contributed by atoms with Gasteiger partial charge in [-0.05, 0) is 12.8 Å². The predicted molar refractivity (Wildman–Crippen MR) is 76.6 cm³/mol. The number of rotatable bonds is 3. The minimum absolute atomic E-state index is 0.285. The zero-order valence-electron chi connectivity index (χ0n) is 11.8. The number of anilines is 1. The number of ether oxygens (including phenoxy) is 1. The van der Waals surface area contributed by atoms with Crippen LogP contribution in [0.4, 0.5) is 5.82 Å². The molecule has 1 aliphatic rings. The zero-order chi connectivity index (χ0) is 13.9. The Balaban J connectivity index is 1.97. The molecule has 0 amide bonds. The van der Waals surface area contributed by atoms with Gasteiger partial charge in [0.15, 0.2) is 0 Å². The van der Waals surface area contributed by atoms with E-state index in [1.807, 2.05) is 32.6 Å². The summed E-state index contributed by atoms with van der Waals surface area (Å²) in [6.07, 6.45) is 5.94. The first-order chi connectivity index (χ1) is 9.76. The Morgan fingerprint density at radius 1 is 1.40 bits per heavy atom. The maximum absolute atomic E-state index is 5.54. The Morgan fingerprint density at radius 3 is 2.95 bits per heavy atom. The van der Waals surface area contributed by atoms with E-state index in [4.69, 9.17) is 9.72 Å². The molecular weight excluding hydrogens is 254 g/mol. The third kappa shape index (κ3) is 2.65. The summed E-state index contributed by atoms with van der Waals surface area (Å²) in [5, 5.41) is 7.31. The molecule has 106 valence electrons. The molecule has 1 N–H and O–H groups in total. The maximum Gasteiger partial charge on any atom is 0.136 e. The number of nitrogens with one attached hydrogen (secondary N) is 1. The number of aryl methyl sites for hydroxylation is 1. The summed E-state index contributed by atoms with van der Waals surface area (Å²) in [7, 11) is 3.77. The standard InChI is InChI=1S/C14H19N5O/c1-15-13-6-12(11-7-16-19(2)8-11)17-14(18-13)10-4-3-5-20-9-10/h6-8,10H,3-5,9H2,1-2H3,(H,15,17,18). The smallest absolute Gasteiger partial charge is 0.136 e. The molecule has 0 spiro atoms. The highest BCUT2D eigenvalue weighted by molar-refractivity contribution is 5.61. The number of hydrogen-bond acceptors (Lipinski definition) is 5. The summed E-state index contributed by atoms with van der Waals surface area (Å²) >= 11 is 0. The third-order valence-corrected chi connectivity index (χ3v) is 3.53. The molecule has 1 unspecified atom stereocenters. The van der Waals surface area contributed by atoms with E-state index >= 15 is 0 Å². The van der Waals surface area contributed by atoms with Gasteiger partial charge in [-0.3, -0.25) is 4.68 Å². The van der Waals surface area contributed by atoms with Crippen LogP contribution >= 0.6 is 0 Å². The summed E-state index contributed by atoms with van der Waals surface area (Å²) in [4.78, 5) is 9.28. The lowest BCUT2D eigenvalue weighted by molar-refractivity contribution is 0.0781. The molecule has 3 heterocycles. The topological polar surface area (TPSA) is 64.9 Å². The Morgan fingerprint density at radius 2 is 2.30 bits per heavy atom. The van der Waals surface area contributed by atoms with Crippen molar-refractivity contribution in [2.24, 2.45) is 7.05 Å². The second kappa shape index (κ2) is 5.58. The largest absolute Gasteiger partial charge is 0.381 e. The highest BCUT2D eigenvalue weighted by Gasteiger charge is 2.20. The van der Waals surface area contributed by atoms with Gasteiger partial charge in [-0.2, -0.15) is 5.10 Å².